The molecule has 0 bridgehead atoms. The number of anilines is 1. The van der Waals surface area contributed by atoms with Crippen LogP contribution in [0.15, 0.2) is 36.4 Å². The van der Waals surface area contributed by atoms with Gasteiger partial charge in [0.05, 0.1) is 5.69 Å². The minimum Gasteiger partial charge on any atom is -0.281 e. The van der Waals surface area contributed by atoms with E-state index in [4.69, 9.17) is 0 Å². The van der Waals surface area contributed by atoms with Gasteiger partial charge in [-0.15, -0.1) is 0 Å². The van der Waals surface area contributed by atoms with Crippen LogP contribution < -0.4 is 4.90 Å². The maximum atomic E-state index is 11.4. The number of amides is 2. The van der Waals surface area contributed by atoms with Crippen LogP contribution in [0.4, 0.5) is 5.69 Å². The highest BCUT2D eigenvalue weighted by Gasteiger charge is 2.25. The average Bonchev–Trinajstić information content (AvgIpc) is 2.59. The molecule has 0 fully saturated rings. The number of nitrogens with zero attached hydrogens (tertiary/aromatic N) is 1. The highest BCUT2D eigenvalue weighted by atomic mass is 79.9. The van der Waals surface area contributed by atoms with Crippen LogP contribution in [0.1, 0.15) is 10.4 Å². The molecule has 0 atom stereocenters. The Morgan fingerprint density at radius 1 is 1.12 bits per heavy atom. The molecule has 1 aliphatic rings. The highest BCUT2D eigenvalue weighted by molar-refractivity contribution is 9.18. The Bertz CT molecular complexity index is 504. The number of carbonyl (C=O) groups excluding carboxylic acids is 3. The van der Waals surface area contributed by atoms with Crippen LogP contribution in [0.2, 0.25) is 0 Å². The van der Waals surface area contributed by atoms with Crippen molar-refractivity contribution in [3.05, 3.63) is 42.0 Å². The van der Waals surface area contributed by atoms with Gasteiger partial charge in [-0.25, -0.2) is 4.90 Å². The van der Waals surface area contributed by atoms with E-state index in [-0.39, 0.29) is 4.69 Å². The summed E-state index contributed by atoms with van der Waals surface area (Å²) in [6, 6.07) is 6.30. The zero-order chi connectivity index (χ0) is 11.7. The van der Waals surface area contributed by atoms with Gasteiger partial charge in [-0.3, -0.25) is 14.4 Å². The number of carbonyl (C=O) groups is 3. The van der Waals surface area contributed by atoms with E-state index in [0.29, 0.717) is 11.3 Å². The third-order valence-corrected chi connectivity index (χ3v) is 2.60. The number of rotatable bonds is 2. The van der Waals surface area contributed by atoms with Crippen molar-refractivity contribution in [2.75, 3.05) is 4.90 Å². The molecule has 16 heavy (non-hydrogen) atoms. The Hall–Kier alpha value is -1.75. The molecule has 0 saturated heterocycles. The average molecular weight is 280 g/mol. The zero-order valence-electron chi connectivity index (χ0n) is 8.01. The Kier molecular flexibility index (Phi) is 2.70. The lowest BCUT2D eigenvalue weighted by Crippen LogP contribution is -2.29. The van der Waals surface area contributed by atoms with E-state index >= 15 is 0 Å². The number of hydrogen-bond acceptors (Lipinski definition) is 3. The molecule has 1 aromatic rings. The minimum absolute atomic E-state index is 0.290. The van der Waals surface area contributed by atoms with E-state index in [1.54, 1.807) is 18.2 Å². The van der Waals surface area contributed by atoms with E-state index < -0.39 is 11.8 Å². The van der Waals surface area contributed by atoms with E-state index in [2.05, 4.69) is 15.9 Å². The van der Waals surface area contributed by atoms with Crippen LogP contribution >= 0.6 is 15.9 Å². The SMILES string of the molecule is O=C(Br)c1cccc(N2C(=O)C=CC2=O)c1. The third-order valence-electron chi connectivity index (χ3n) is 2.14. The molecule has 5 heteroatoms. The molecule has 0 aliphatic carbocycles. The summed E-state index contributed by atoms with van der Waals surface area (Å²) in [7, 11) is 0. The summed E-state index contributed by atoms with van der Waals surface area (Å²) in [5.41, 5.74) is 0.787. The number of halogens is 1. The first-order valence-electron chi connectivity index (χ1n) is 4.45. The Morgan fingerprint density at radius 3 is 2.31 bits per heavy atom. The summed E-state index contributed by atoms with van der Waals surface area (Å²) in [4.78, 5) is 34.9. The highest BCUT2D eigenvalue weighted by Crippen LogP contribution is 2.21. The monoisotopic (exact) mass is 279 g/mol. The van der Waals surface area contributed by atoms with Gasteiger partial charge in [0, 0.05) is 17.7 Å². The second-order valence-electron chi connectivity index (χ2n) is 3.17. The van der Waals surface area contributed by atoms with E-state index in [1.165, 1.54) is 18.2 Å². The molecule has 4 nitrogen and oxygen atoms in total. The van der Waals surface area contributed by atoms with Crippen molar-refractivity contribution in [3.8, 4) is 0 Å². The standard InChI is InChI=1S/C11H6BrNO3/c12-11(16)7-2-1-3-8(6-7)13-9(14)4-5-10(13)15/h1-6H. The molecule has 0 aromatic heterocycles. The van der Waals surface area contributed by atoms with Crippen molar-refractivity contribution in [3.63, 3.8) is 0 Å². The molecule has 0 radical (unpaired) electrons. The van der Waals surface area contributed by atoms with Gasteiger partial charge >= 0.3 is 0 Å². The lowest BCUT2D eigenvalue weighted by Gasteiger charge is -2.13. The number of hydrogen-bond donors (Lipinski definition) is 0. The van der Waals surface area contributed by atoms with Crippen molar-refractivity contribution < 1.29 is 14.4 Å². The van der Waals surface area contributed by atoms with Gasteiger partial charge < -0.3 is 0 Å². The number of imide groups is 1. The molecule has 1 heterocycles. The second-order valence-corrected chi connectivity index (χ2v) is 3.89. The summed E-state index contributed by atoms with van der Waals surface area (Å²) in [5, 5.41) is 0. The largest absolute Gasteiger partial charge is 0.281 e. The molecule has 80 valence electrons. The fraction of sp³-hybridized carbons (Fsp3) is 0. The fourth-order valence-electron chi connectivity index (χ4n) is 1.42. The summed E-state index contributed by atoms with van der Waals surface area (Å²) in [5.74, 6) is -0.798. The summed E-state index contributed by atoms with van der Waals surface area (Å²) in [6.45, 7) is 0. The Morgan fingerprint density at radius 2 is 1.75 bits per heavy atom. The van der Waals surface area contributed by atoms with Crippen molar-refractivity contribution >= 4 is 38.1 Å². The smallest absolute Gasteiger partial charge is 0.258 e. The molecule has 2 rings (SSSR count). The van der Waals surface area contributed by atoms with Crippen molar-refractivity contribution in [2.45, 2.75) is 0 Å². The molecule has 0 saturated carbocycles. The third kappa shape index (κ3) is 1.81. The van der Waals surface area contributed by atoms with Crippen LogP contribution in [0.3, 0.4) is 0 Å². The second kappa shape index (κ2) is 4.02. The molecule has 0 spiro atoms. The van der Waals surface area contributed by atoms with Gasteiger partial charge in [0.25, 0.3) is 11.8 Å². The van der Waals surface area contributed by atoms with Gasteiger partial charge in [-0.2, -0.15) is 0 Å². The molecule has 1 aliphatic heterocycles. The zero-order valence-corrected chi connectivity index (χ0v) is 9.60. The summed E-state index contributed by atoms with van der Waals surface area (Å²) >= 11 is 2.81. The molecular weight excluding hydrogens is 274 g/mol. The topological polar surface area (TPSA) is 54.5 Å². The molecule has 2 amide bonds. The van der Waals surface area contributed by atoms with Crippen molar-refractivity contribution in [2.24, 2.45) is 0 Å². The van der Waals surface area contributed by atoms with Crippen LogP contribution in [-0.4, -0.2) is 16.5 Å². The quantitative estimate of drug-likeness (QED) is 0.611. The van der Waals surface area contributed by atoms with Gasteiger partial charge in [0.1, 0.15) is 0 Å². The van der Waals surface area contributed by atoms with Crippen molar-refractivity contribution in [1.29, 1.82) is 0 Å². The minimum atomic E-state index is -0.399. The Labute approximate surface area is 99.7 Å². The number of benzene rings is 1. The first kappa shape index (κ1) is 10.8. The molecule has 0 unspecified atom stereocenters. The lowest BCUT2D eigenvalue weighted by atomic mass is 10.2. The van der Waals surface area contributed by atoms with Crippen LogP contribution in [0, 0.1) is 0 Å². The van der Waals surface area contributed by atoms with Crippen LogP contribution in [0.5, 0.6) is 0 Å². The lowest BCUT2D eigenvalue weighted by molar-refractivity contribution is -0.119. The predicted molar refractivity (Wildman–Crippen MR) is 61.3 cm³/mol. The van der Waals surface area contributed by atoms with Crippen molar-refractivity contribution in [1.82, 2.24) is 0 Å². The van der Waals surface area contributed by atoms with E-state index in [1.807, 2.05) is 0 Å². The molecule has 1 aromatic carbocycles. The maximum absolute atomic E-state index is 11.4. The molecular formula is C11H6BrNO3. The van der Waals surface area contributed by atoms with Gasteiger partial charge in [0.15, 0.2) is 0 Å². The van der Waals surface area contributed by atoms with Gasteiger partial charge in [-0.05, 0) is 28.1 Å². The fourth-order valence-corrected chi connectivity index (χ4v) is 1.67. The first-order valence-corrected chi connectivity index (χ1v) is 5.25. The van der Waals surface area contributed by atoms with Gasteiger partial charge in [0.2, 0.25) is 4.69 Å². The normalized spacial score (nSPS) is 14.7. The van der Waals surface area contributed by atoms with Gasteiger partial charge in [-0.1, -0.05) is 12.1 Å². The predicted octanol–water partition coefficient (Wildman–Crippen LogP) is 1.65. The van der Waals surface area contributed by atoms with E-state index in [0.717, 1.165) is 4.90 Å². The summed E-state index contributed by atoms with van der Waals surface area (Å²) in [6.07, 6.45) is 2.40. The van der Waals surface area contributed by atoms with Crippen LogP contribution in [-0.2, 0) is 9.59 Å². The molecule has 0 N–H and O–H groups in total. The van der Waals surface area contributed by atoms with Crippen LogP contribution in [0.25, 0.3) is 0 Å². The first-order chi connectivity index (χ1) is 7.59. The Balaban J connectivity index is 2.41. The maximum Gasteiger partial charge on any atom is 0.258 e. The van der Waals surface area contributed by atoms with E-state index in [9.17, 15) is 14.4 Å². The summed E-state index contributed by atoms with van der Waals surface area (Å²) < 4.78 is -0.290.